The van der Waals surface area contributed by atoms with Crippen molar-refractivity contribution >= 4 is 17.6 Å². The number of nitrogens with one attached hydrogen (secondary N) is 1. The SMILES string of the molecule is C=C(C(=O)Nc1ccc(C(=O)OC)cc1)[C@H]1C2Cc3ccc(OC)cc3[C@@]1(C)CCN2C. The van der Waals surface area contributed by atoms with Crippen LogP contribution in [0.15, 0.2) is 54.6 Å². The Hall–Kier alpha value is -3.12. The van der Waals surface area contributed by atoms with Crippen molar-refractivity contribution in [1.29, 1.82) is 0 Å². The highest BCUT2D eigenvalue weighted by Crippen LogP contribution is 2.51. The van der Waals surface area contributed by atoms with Gasteiger partial charge in [-0.1, -0.05) is 19.6 Å². The molecule has 1 unspecified atom stereocenters. The molecule has 1 aliphatic heterocycles. The molecule has 0 saturated carbocycles. The number of likely N-dealkylation sites (tertiary alicyclic amines) is 1. The summed E-state index contributed by atoms with van der Waals surface area (Å²) in [6.45, 7) is 7.49. The van der Waals surface area contributed by atoms with E-state index in [0.29, 0.717) is 16.8 Å². The molecule has 1 aliphatic carbocycles. The average molecular weight is 435 g/mol. The molecule has 168 valence electrons. The Morgan fingerprint density at radius 2 is 1.88 bits per heavy atom. The van der Waals surface area contributed by atoms with E-state index in [-0.39, 0.29) is 23.3 Å². The van der Waals surface area contributed by atoms with Crippen LogP contribution >= 0.6 is 0 Å². The third kappa shape index (κ3) is 3.69. The van der Waals surface area contributed by atoms with Crippen LogP contribution in [0.1, 0.15) is 34.8 Å². The Bertz CT molecular complexity index is 1060. The lowest BCUT2D eigenvalue weighted by Gasteiger charge is -2.55. The van der Waals surface area contributed by atoms with Crippen molar-refractivity contribution in [2.24, 2.45) is 5.92 Å². The molecule has 0 aromatic heterocycles. The molecule has 6 heteroatoms. The number of rotatable bonds is 5. The number of ether oxygens (including phenoxy) is 2. The highest BCUT2D eigenvalue weighted by molar-refractivity contribution is 6.04. The number of amides is 1. The van der Waals surface area contributed by atoms with Gasteiger partial charge in [0.15, 0.2) is 0 Å². The van der Waals surface area contributed by atoms with E-state index in [1.165, 1.54) is 18.2 Å². The number of fused-ring (bicyclic) bond motifs is 4. The molecule has 2 aromatic carbocycles. The third-order valence-corrected chi connectivity index (χ3v) is 7.21. The molecule has 2 bridgehead atoms. The van der Waals surface area contributed by atoms with E-state index in [0.717, 1.165) is 25.1 Å². The molecule has 2 aromatic rings. The van der Waals surface area contributed by atoms with E-state index < -0.39 is 5.97 Å². The van der Waals surface area contributed by atoms with E-state index in [2.05, 4.69) is 42.9 Å². The lowest BCUT2D eigenvalue weighted by atomic mass is 9.56. The van der Waals surface area contributed by atoms with Gasteiger partial charge in [0.05, 0.1) is 19.8 Å². The summed E-state index contributed by atoms with van der Waals surface area (Å²) in [4.78, 5) is 27.3. The maximum atomic E-state index is 13.3. The summed E-state index contributed by atoms with van der Waals surface area (Å²) >= 11 is 0. The summed E-state index contributed by atoms with van der Waals surface area (Å²) in [6.07, 6.45) is 1.81. The van der Waals surface area contributed by atoms with Crippen molar-refractivity contribution in [2.45, 2.75) is 31.2 Å². The van der Waals surface area contributed by atoms with Crippen molar-refractivity contribution in [1.82, 2.24) is 4.90 Å². The Morgan fingerprint density at radius 1 is 1.16 bits per heavy atom. The maximum Gasteiger partial charge on any atom is 0.337 e. The van der Waals surface area contributed by atoms with Gasteiger partial charge >= 0.3 is 5.97 Å². The fourth-order valence-corrected chi connectivity index (χ4v) is 5.38. The molecule has 1 saturated heterocycles. The molecule has 1 amide bonds. The number of carbonyl (C=O) groups excluding carboxylic acids is 2. The first-order valence-corrected chi connectivity index (χ1v) is 10.8. The number of piperidine rings is 1. The van der Waals surface area contributed by atoms with E-state index in [1.807, 2.05) is 6.07 Å². The zero-order valence-corrected chi connectivity index (χ0v) is 19.1. The normalized spacial score (nSPS) is 24.2. The molecule has 2 aliphatic rings. The Balaban J connectivity index is 1.62. The van der Waals surface area contributed by atoms with Crippen LogP contribution in [0.5, 0.6) is 5.75 Å². The summed E-state index contributed by atoms with van der Waals surface area (Å²) in [5, 5.41) is 2.96. The molecule has 0 spiro atoms. The number of likely N-dealkylation sites (N-methyl/N-ethyl adjacent to an activating group) is 1. The van der Waals surface area contributed by atoms with E-state index in [9.17, 15) is 9.59 Å². The van der Waals surface area contributed by atoms with Crippen molar-refractivity contribution in [3.63, 3.8) is 0 Å². The van der Waals surface area contributed by atoms with Gasteiger partial charge in [-0.25, -0.2) is 4.79 Å². The van der Waals surface area contributed by atoms with Crippen molar-refractivity contribution in [3.8, 4) is 5.75 Å². The van der Waals surface area contributed by atoms with E-state index in [1.54, 1.807) is 31.4 Å². The lowest BCUT2D eigenvalue weighted by molar-refractivity contribution is -0.114. The first-order chi connectivity index (χ1) is 15.3. The number of benzene rings is 2. The number of esters is 1. The van der Waals surface area contributed by atoms with Gasteiger partial charge < -0.3 is 19.7 Å². The van der Waals surface area contributed by atoms with Crippen LogP contribution in [0.3, 0.4) is 0 Å². The largest absolute Gasteiger partial charge is 0.497 e. The topological polar surface area (TPSA) is 67.9 Å². The van der Waals surface area contributed by atoms with Crippen LogP contribution in [0, 0.1) is 5.92 Å². The quantitative estimate of drug-likeness (QED) is 0.573. The second kappa shape index (κ2) is 8.43. The van der Waals surface area contributed by atoms with Crippen LogP contribution in [0.2, 0.25) is 0 Å². The molecular formula is C26H30N2O4. The molecule has 0 radical (unpaired) electrons. The monoisotopic (exact) mass is 434 g/mol. The van der Waals surface area contributed by atoms with Crippen LogP contribution in [-0.4, -0.2) is 50.6 Å². The van der Waals surface area contributed by atoms with Crippen LogP contribution in [0.4, 0.5) is 5.69 Å². The summed E-state index contributed by atoms with van der Waals surface area (Å²) in [6, 6.07) is 13.2. The summed E-state index contributed by atoms with van der Waals surface area (Å²) in [7, 11) is 5.15. The minimum atomic E-state index is -0.410. The fraction of sp³-hybridized carbons (Fsp3) is 0.385. The van der Waals surface area contributed by atoms with E-state index in [4.69, 9.17) is 9.47 Å². The number of nitrogens with zero attached hydrogens (tertiary/aromatic N) is 1. The molecular weight excluding hydrogens is 404 g/mol. The summed E-state index contributed by atoms with van der Waals surface area (Å²) in [5.74, 6) is 0.211. The average Bonchev–Trinajstić information content (AvgIpc) is 2.81. The van der Waals surface area contributed by atoms with Gasteiger partial charge in [0.25, 0.3) is 5.91 Å². The second-order valence-corrected chi connectivity index (χ2v) is 8.97. The predicted octanol–water partition coefficient (Wildman–Crippen LogP) is 3.81. The van der Waals surface area contributed by atoms with Crippen LogP contribution in [-0.2, 0) is 21.4 Å². The second-order valence-electron chi connectivity index (χ2n) is 8.97. The van der Waals surface area contributed by atoms with Gasteiger partial charge in [-0.05, 0) is 74.0 Å². The molecule has 6 nitrogen and oxygen atoms in total. The lowest BCUT2D eigenvalue weighted by Crippen LogP contribution is -2.59. The summed E-state index contributed by atoms with van der Waals surface area (Å²) in [5.41, 5.74) is 3.99. The van der Waals surface area contributed by atoms with Gasteiger partial charge in [0, 0.05) is 28.6 Å². The first kappa shape index (κ1) is 22.1. The Morgan fingerprint density at radius 3 is 2.53 bits per heavy atom. The van der Waals surface area contributed by atoms with Gasteiger partial charge in [-0.2, -0.15) is 0 Å². The number of hydrogen-bond donors (Lipinski definition) is 1. The minimum absolute atomic E-state index is 0.0183. The Labute approximate surface area is 189 Å². The molecule has 4 rings (SSSR count). The Kier molecular flexibility index (Phi) is 5.82. The highest BCUT2D eigenvalue weighted by Gasteiger charge is 2.52. The zero-order chi connectivity index (χ0) is 23.0. The predicted molar refractivity (Wildman–Crippen MR) is 124 cm³/mol. The molecule has 32 heavy (non-hydrogen) atoms. The van der Waals surface area contributed by atoms with Gasteiger partial charge in [-0.3, -0.25) is 4.79 Å². The first-order valence-electron chi connectivity index (χ1n) is 10.8. The van der Waals surface area contributed by atoms with Gasteiger partial charge in [0.1, 0.15) is 5.75 Å². The number of carbonyl (C=O) groups is 2. The molecule has 1 N–H and O–H groups in total. The van der Waals surface area contributed by atoms with E-state index >= 15 is 0 Å². The van der Waals surface area contributed by atoms with Gasteiger partial charge in [-0.15, -0.1) is 0 Å². The standard InChI is InChI=1S/C26H30N2O4/c1-16(24(29)27-19-9-6-17(7-10-19)25(30)32-5)23-22-14-18-8-11-20(31-4)15-21(18)26(23,2)12-13-28(22)3/h6-11,15,22-23H,1,12-14H2,2-5H3,(H,27,29)/t22?,23-,26+/m0/s1. The number of anilines is 1. The van der Waals surface area contributed by atoms with Crippen LogP contribution < -0.4 is 10.1 Å². The van der Waals surface area contributed by atoms with Crippen molar-refractivity contribution < 1.29 is 19.1 Å². The molecule has 1 heterocycles. The minimum Gasteiger partial charge on any atom is -0.497 e. The van der Waals surface area contributed by atoms with Crippen molar-refractivity contribution in [3.05, 3.63) is 71.3 Å². The number of methoxy groups -OCH3 is 2. The van der Waals surface area contributed by atoms with Crippen LogP contribution in [0.25, 0.3) is 0 Å². The van der Waals surface area contributed by atoms with Crippen molar-refractivity contribution in [2.75, 3.05) is 33.1 Å². The highest BCUT2D eigenvalue weighted by atomic mass is 16.5. The smallest absolute Gasteiger partial charge is 0.337 e. The zero-order valence-electron chi connectivity index (χ0n) is 19.1. The summed E-state index contributed by atoms with van der Waals surface area (Å²) < 4.78 is 10.2. The number of hydrogen-bond acceptors (Lipinski definition) is 5. The van der Waals surface area contributed by atoms with Gasteiger partial charge in [0.2, 0.25) is 0 Å². The fourth-order valence-electron chi connectivity index (χ4n) is 5.38. The maximum absolute atomic E-state index is 13.3. The molecule has 3 atom stereocenters. The molecule has 1 fully saturated rings. The third-order valence-electron chi connectivity index (χ3n) is 7.21.